The van der Waals surface area contributed by atoms with Gasteiger partial charge in [0.05, 0.1) is 23.5 Å². The van der Waals surface area contributed by atoms with Crippen LogP contribution < -0.4 is 10.6 Å². The summed E-state index contributed by atoms with van der Waals surface area (Å²) in [6.45, 7) is 7.03. The smallest absolute Gasteiger partial charge is 0.237 e. The minimum absolute atomic E-state index is 0.0252. The molecule has 1 aliphatic heterocycles. The molecule has 156 valence electrons. The first kappa shape index (κ1) is 20.2. The number of fused-ring (bicyclic) bond motifs is 1. The molecule has 30 heavy (non-hydrogen) atoms. The third-order valence-electron chi connectivity index (χ3n) is 5.37. The molecule has 2 aromatic heterocycles. The largest absolute Gasteiger partial charge is 0.351 e. The molecule has 4 rings (SSSR count). The van der Waals surface area contributed by atoms with Crippen LogP contribution in [-0.2, 0) is 11.3 Å². The Balaban J connectivity index is 1.57. The third-order valence-corrected chi connectivity index (χ3v) is 5.37. The zero-order chi connectivity index (χ0) is 21.3. The molecule has 1 atom stereocenters. The van der Waals surface area contributed by atoms with Crippen LogP contribution in [0.3, 0.4) is 0 Å². The van der Waals surface area contributed by atoms with Crippen LogP contribution in [0.25, 0.3) is 22.4 Å². The van der Waals surface area contributed by atoms with Crippen LogP contribution in [0, 0.1) is 5.41 Å². The molecule has 0 unspecified atom stereocenters. The minimum atomic E-state index is -0.501. The Hall–Kier alpha value is -3.06. The average molecular weight is 406 g/mol. The van der Waals surface area contributed by atoms with Gasteiger partial charge in [-0.25, -0.2) is 9.97 Å². The van der Waals surface area contributed by atoms with Gasteiger partial charge in [0.25, 0.3) is 0 Å². The maximum absolute atomic E-state index is 12.8. The summed E-state index contributed by atoms with van der Waals surface area (Å²) in [4.78, 5) is 37.2. The maximum atomic E-state index is 12.8. The fourth-order valence-electron chi connectivity index (χ4n) is 3.67. The number of rotatable bonds is 5. The molecular weight excluding hydrogens is 378 g/mol. The van der Waals surface area contributed by atoms with Crippen molar-refractivity contribution in [1.29, 1.82) is 0 Å². The molecule has 1 fully saturated rings. The highest BCUT2D eigenvalue weighted by atomic mass is 16.2. The molecular formula is C23H27N5O2. The van der Waals surface area contributed by atoms with Crippen molar-refractivity contribution in [3.63, 3.8) is 0 Å². The first-order valence-electron chi connectivity index (χ1n) is 10.3. The molecule has 1 aromatic carbocycles. The Kier molecular flexibility index (Phi) is 5.39. The number of amides is 1. The number of aromatic nitrogens is 3. The third kappa shape index (κ3) is 4.11. The number of ketones is 1. The van der Waals surface area contributed by atoms with E-state index in [9.17, 15) is 9.59 Å². The van der Waals surface area contributed by atoms with Gasteiger partial charge in [0.2, 0.25) is 5.91 Å². The molecule has 0 saturated carbocycles. The quantitative estimate of drug-likeness (QED) is 0.566. The second-order valence-electron chi connectivity index (χ2n) is 8.80. The molecule has 3 aromatic rings. The predicted octanol–water partition coefficient (Wildman–Crippen LogP) is 3.22. The average Bonchev–Trinajstić information content (AvgIpc) is 3.40. The van der Waals surface area contributed by atoms with E-state index in [0.29, 0.717) is 29.0 Å². The van der Waals surface area contributed by atoms with E-state index in [1.165, 1.54) is 0 Å². The number of aromatic amines is 1. The van der Waals surface area contributed by atoms with Crippen LogP contribution in [0.1, 0.15) is 49.5 Å². The van der Waals surface area contributed by atoms with Crippen LogP contribution in [0.15, 0.2) is 36.7 Å². The highest BCUT2D eigenvalue weighted by molar-refractivity contribution is 6.08. The molecule has 0 radical (unpaired) electrons. The number of nitrogens with zero attached hydrogens (tertiary/aromatic N) is 2. The lowest BCUT2D eigenvalue weighted by Gasteiger charge is -2.15. The summed E-state index contributed by atoms with van der Waals surface area (Å²) in [6.07, 6.45) is 5.30. The SMILES string of the molecule is CC(C)(C)C(=O)c1c[nH]c2ncc(-c3cccc(CNC(=O)[C@@H]4CCCN4)c3)nc12. The van der Waals surface area contributed by atoms with Crippen molar-refractivity contribution in [2.45, 2.75) is 46.2 Å². The van der Waals surface area contributed by atoms with E-state index in [-0.39, 0.29) is 17.7 Å². The van der Waals surface area contributed by atoms with Gasteiger partial charge < -0.3 is 15.6 Å². The highest BCUT2D eigenvalue weighted by Crippen LogP contribution is 2.27. The summed E-state index contributed by atoms with van der Waals surface area (Å²) >= 11 is 0. The van der Waals surface area contributed by atoms with Crippen LogP contribution in [0.5, 0.6) is 0 Å². The van der Waals surface area contributed by atoms with Crippen LogP contribution >= 0.6 is 0 Å². The standard InChI is InChI=1S/C23H27N5O2/c1-23(2,3)20(29)16-12-25-21-19(16)28-18(13-26-21)15-7-4-6-14(10-15)11-27-22(30)17-8-5-9-24-17/h4,6-7,10,12-13,17,24H,5,8-9,11H2,1-3H3,(H,25,26)(H,27,30)/t17-/m0/s1. The maximum Gasteiger partial charge on any atom is 0.237 e. The Bertz CT molecular complexity index is 1090. The van der Waals surface area contributed by atoms with Gasteiger partial charge in [-0.2, -0.15) is 0 Å². The summed E-state index contributed by atoms with van der Waals surface area (Å²) in [7, 11) is 0. The molecule has 3 N–H and O–H groups in total. The van der Waals surface area contributed by atoms with Gasteiger partial charge in [0.1, 0.15) is 5.52 Å². The van der Waals surface area contributed by atoms with E-state index in [0.717, 1.165) is 30.5 Å². The number of benzene rings is 1. The van der Waals surface area contributed by atoms with E-state index >= 15 is 0 Å². The molecule has 0 bridgehead atoms. The van der Waals surface area contributed by atoms with Crippen molar-refractivity contribution in [3.8, 4) is 11.3 Å². The summed E-state index contributed by atoms with van der Waals surface area (Å²) < 4.78 is 0. The number of nitrogens with one attached hydrogen (secondary N) is 3. The number of hydrogen-bond donors (Lipinski definition) is 3. The molecule has 7 nitrogen and oxygen atoms in total. The lowest BCUT2D eigenvalue weighted by molar-refractivity contribution is -0.122. The van der Waals surface area contributed by atoms with Crippen molar-refractivity contribution in [3.05, 3.63) is 47.8 Å². The zero-order valence-electron chi connectivity index (χ0n) is 17.6. The van der Waals surface area contributed by atoms with Crippen molar-refractivity contribution >= 4 is 22.9 Å². The van der Waals surface area contributed by atoms with Gasteiger partial charge in [0.15, 0.2) is 11.4 Å². The Morgan fingerprint density at radius 2 is 2.10 bits per heavy atom. The van der Waals surface area contributed by atoms with E-state index in [4.69, 9.17) is 4.98 Å². The van der Waals surface area contributed by atoms with Gasteiger partial charge in [0, 0.05) is 23.7 Å². The van der Waals surface area contributed by atoms with E-state index in [2.05, 4.69) is 20.6 Å². The fourth-order valence-corrected chi connectivity index (χ4v) is 3.67. The van der Waals surface area contributed by atoms with Crippen LogP contribution in [0.2, 0.25) is 0 Å². The Labute approximate surface area is 175 Å². The summed E-state index contributed by atoms with van der Waals surface area (Å²) in [5.74, 6) is 0.0638. The number of H-pyrrole nitrogens is 1. The molecule has 1 amide bonds. The van der Waals surface area contributed by atoms with Crippen molar-refractivity contribution in [2.75, 3.05) is 6.54 Å². The molecule has 1 aliphatic rings. The minimum Gasteiger partial charge on any atom is -0.351 e. The monoisotopic (exact) mass is 405 g/mol. The first-order valence-corrected chi connectivity index (χ1v) is 10.3. The van der Waals surface area contributed by atoms with Gasteiger partial charge in [-0.1, -0.05) is 39.0 Å². The molecule has 0 spiro atoms. The van der Waals surface area contributed by atoms with Crippen LogP contribution in [-0.4, -0.2) is 39.2 Å². The number of Topliss-reactive ketones (excluding diaryl/α,β-unsaturated/α-hetero) is 1. The number of carbonyl (C=O) groups is 2. The zero-order valence-corrected chi connectivity index (χ0v) is 17.6. The molecule has 0 aliphatic carbocycles. The van der Waals surface area contributed by atoms with Crippen molar-refractivity contribution in [2.24, 2.45) is 5.41 Å². The highest BCUT2D eigenvalue weighted by Gasteiger charge is 2.26. The second kappa shape index (κ2) is 7.99. The van der Waals surface area contributed by atoms with Gasteiger partial charge in [-0.15, -0.1) is 0 Å². The summed E-state index contributed by atoms with van der Waals surface area (Å²) in [5.41, 5.74) is 3.80. The second-order valence-corrected chi connectivity index (χ2v) is 8.80. The predicted molar refractivity (Wildman–Crippen MR) is 116 cm³/mol. The van der Waals surface area contributed by atoms with Crippen LogP contribution in [0.4, 0.5) is 0 Å². The van der Waals surface area contributed by atoms with Gasteiger partial charge >= 0.3 is 0 Å². The Morgan fingerprint density at radius 1 is 1.27 bits per heavy atom. The topological polar surface area (TPSA) is 99.8 Å². The molecule has 1 saturated heterocycles. The molecule has 7 heteroatoms. The number of hydrogen-bond acceptors (Lipinski definition) is 5. The summed E-state index contributed by atoms with van der Waals surface area (Å²) in [5, 5.41) is 6.21. The summed E-state index contributed by atoms with van der Waals surface area (Å²) in [6, 6.07) is 7.78. The van der Waals surface area contributed by atoms with Crippen molar-refractivity contribution < 1.29 is 9.59 Å². The fraction of sp³-hybridized carbons (Fsp3) is 0.391. The van der Waals surface area contributed by atoms with Gasteiger partial charge in [-0.3, -0.25) is 9.59 Å². The van der Waals surface area contributed by atoms with Gasteiger partial charge in [-0.05, 0) is 31.0 Å². The lowest BCUT2D eigenvalue weighted by Crippen LogP contribution is -2.39. The van der Waals surface area contributed by atoms with E-state index in [1.54, 1.807) is 12.4 Å². The normalized spacial score (nSPS) is 16.7. The lowest BCUT2D eigenvalue weighted by atomic mass is 9.87. The number of carbonyl (C=O) groups excluding carboxylic acids is 2. The van der Waals surface area contributed by atoms with E-state index < -0.39 is 5.41 Å². The molecule has 3 heterocycles. The van der Waals surface area contributed by atoms with Crippen molar-refractivity contribution in [1.82, 2.24) is 25.6 Å². The Morgan fingerprint density at radius 3 is 2.83 bits per heavy atom. The first-order chi connectivity index (χ1) is 14.3. The van der Waals surface area contributed by atoms with E-state index in [1.807, 2.05) is 45.0 Å².